The molecule has 1 unspecified atom stereocenters. The summed E-state index contributed by atoms with van der Waals surface area (Å²) in [6.07, 6.45) is 2.86. The van der Waals surface area contributed by atoms with E-state index in [1.54, 1.807) is 12.1 Å². The first-order chi connectivity index (χ1) is 13.0. The summed E-state index contributed by atoms with van der Waals surface area (Å²) in [7, 11) is 0. The van der Waals surface area contributed by atoms with Crippen LogP contribution in [0, 0.1) is 13.8 Å². The first-order valence-electron chi connectivity index (χ1n) is 9.52. The number of hydrogen-bond donors (Lipinski definition) is 0. The summed E-state index contributed by atoms with van der Waals surface area (Å²) in [5, 5.41) is 0. The Morgan fingerprint density at radius 1 is 0.926 bits per heavy atom. The second-order valence-corrected chi connectivity index (χ2v) is 7.47. The molecule has 140 valence electrons. The van der Waals surface area contributed by atoms with Crippen molar-refractivity contribution in [2.45, 2.75) is 45.2 Å². The molecule has 3 heterocycles. The van der Waals surface area contributed by atoms with Gasteiger partial charge in [-0.3, -0.25) is 9.59 Å². The summed E-state index contributed by atoms with van der Waals surface area (Å²) < 4.78 is 0. The maximum atomic E-state index is 13.1. The molecule has 0 bridgehead atoms. The first kappa shape index (κ1) is 17.6. The van der Waals surface area contributed by atoms with Gasteiger partial charge >= 0.3 is 0 Å². The second kappa shape index (κ2) is 7.10. The van der Waals surface area contributed by atoms with E-state index >= 15 is 0 Å². The summed E-state index contributed by atoms with van der Waals surface area (Å²) in [6, 6.07) is 11.3. The van der Waals surface area contributed by atoms with Crippen molar-refractivity contribution in [3.63, 3.8) is 0 Å². The lowest BCUT2D eigenvalue weighted by Crippen LogP contribution is -2.44. The molecule has 0 N–H and O–H groups in total. The van der Waals surface area contributed by atoms with Gasteiger partial charge in [0.15, 0.2) is 0 Å². The van der Waals surface area contributed by atoms with Gasteiger partial charge in [-0.15, -0.1) is 0 Å². The molecule has 1 aliphatic heterocycles. The van der Waals surface area contributed by atoms with E-state index < -0.39 is 0 Å². The molecule has 4 rings (SSSR count). The van der Waals surface area contributed by atoms with Gasteiger partial charge in [0.25, 0.3) is 11.8 Å². The number of nitrogens with zero attached hydrogens (tertiary/aromatic N) is 4. The van der Waals surface area contributed by atoms with Gasteiger partial charge in [-0.1, -0.05) is 12.1 Å². The van der Waals surface area contributed by atoms with E-state index in [0.29, 0.717) is 24.5 Å². The van der Waals surface area contributed by atoms with Crippen LogP contribution in [0.15, 0.2) is 36.4 Å². The zero-order chi connectivity index (χ0) is 19.0. The van der Waals surface area contributed by atoms with Crippen molar-refractivity contribution in [2.75, 3.05) is 13.1 Å². The van der Waals surface area contributed by atoms with Gasteiger partial charge in [-0.25, -0.2) is 9.97 Å². The topological polar surface area (TPSA) is 66.4 Å². The van der Waals surface area contributed by atoms with Crippen molar-refractivity contribution in [1.82, 2.24) is 19.8 Å². The van der Waals surface area contributed by atoms with Crippen molar-refractivity contribution in [1.29, 1.82) is 0 Å². The molecule has 1 saturated heterocycles. The number of amides is 2. The molecule has 1 aliphatic carbocycles. The molecule has 27 heavy (non-hydrogen) atoms. The molecule has 2 fully saturated rings. The fourth-order valence-corrected chi connectivity index (χ4v) is 3.75. The van der Waals surface area contributed by atoms with Crippen LogP contribution in [0.2, 0.25) is 0 Å². The molecule has 2 amide bonds. The van der Waals surface area contributed by atoms with Gasteiger partial charge in [0, 0.05) is 30.5 Å². The Kier molecular flexibility index (Phi) is 4.64. The second-order valence-electron chi connectivity index (χ2n) is 7.47. The Balaban J connectivity index is 1.50. The number of aromatic nitrogens is 2. The van der Waals surface area contributed by atoms with E-state index in [-0.39, 0.29) is 23.9 Å². The zero-order valence-corrected chi connectivity index (χ0v) is 15.8. The first-order valence-corrected chi connectivity index (χ1v) is 9.52. The molecule has 0 spiro atoms. The highest BCUT2D eigenvalue weighted by molar-refractivity contribution is 5.94. The summed E-state index contributed by atoms with van der Waals surface area (Å²) in [5.74, 6) is -0.0766. The van der Waals surface area contributed by atoms with Crippen LogP contribution in [-0.4, -0.2) is 56.8 Å². The fourth-order valence-electron chi connectivity index (χ4n) is 3.75. The van der Waals surface area contributed by atoms with Gasteiger partial charge in [-0.05, 0) is 57.4 Å². The average Bonchev–Trinajstić information content (AvgIpc) is 3.37. The Morgan fingerprint density at radius 2 is 1.56 bits per heavy atom. The van der Waals surface area contributed by atoms with Crippen molar-refractivity contribution < 1.29 is 9.59 Å². The molecular formula is C21H24N4O2. The quantitative estimate of drug-likeness (QED) is 0.836. The predicted molar refractivity (Wildman–Crippen MR) is 101 cm³/mol. The molecule has 1 atom stereocenters. The molecule has 0 aromatic carbocycles. The van der Waals surface area contributed by atoms with Gasteiger partial charge in [0.1, 0.15) is 11.4 Å². The molecular weight excluding hydrogens is 340 g/mol. The number of likely N-dealkylation sites (tertiary alicyclic amines) is 1. The number of carbonyl (C=O) groups excluding carboxylic acids is 2. The highest BCUT2D eigenvalue weighted by Crippen LogP contribution is 2.33. The molecule has 6 heteroatoms. The SMILES string of the molecule is Cc1cccc(C(=O)N2CCC(N(C(=O)c3cccc(C)n3)C3CC3)C2)n1. The van der Waals surface area contributed by atoms with Crippen LogP contribution in [0.4, 0.5) is 0 Å². The smallest absolute Gasteiger partial charge is 0.273 e. The normalized spacial score (nSPS) is 19.2. The van der Waals surface area contributed by atoms with Gasteiger partial charge in [0.05, 0.1) is 6.04 Å². The van der Waals surface area contributed by atoms with Gasteiger partial charge < -0.3 is 9.80 Å². The third-order valence-corrected chi connectivity index (χ3v) is 5.23. The lowest BCUT2D eigenvalue weighted by molar-refractivity contribution is 0.0635. The maximum absolute atomic E-state index is 13.1. The number of pyridine rings is 2. The number of carbonyl (C=O) groups is 2. The summed E-state index contributed by atoms with van der Waals surface area (Å²) in [5.41, 5.74) is 2.63. The third kappa shape index (κ3) is 3.70. The monoisotopic (exact) mass is 364 g/mol. The van der Waals surface area contributed by atoms with E-state index in [4.69, 9.17) is 0 Å². The Labute approximate surface area is 159 Å². The lowest BCUT2D eigenvalue weighted by atomic mass is 10.2. The van der Waals surface area contributed by atoms with Crippen LogP contribution >= 0.6 is 0 Å². The lowest BCUT2D eigenvalue weighted by Gasteiger charge is -2.29. The number of aryl methyl sites for hydroxylation is 2. The van der Waals surface area contributed by atoms with Crippen LogP contribution in [0.25, 0.3) is 0 Å². The van der Waals surface area contributed by atoms with Crippen molar-refractivity contribution in [3.8, 4) is 0 Å². The molecule has 2 aromatic rings. The molecule has 2 aliphatic rings. The summed E-state index contributed by atoms with van der Waals surface area (Å²) in [4.78, 5) is 38.4. The van der Waals surface area contributed by atoms with Crippen molar-refractivity contribution in [3.05, 3.63) is 59.2 Å². The van der Waals surface area contributed by atoms with Crippen LogP contribution in [0.1, 0.15) is 51.6 Å². The molecule has 6 nitrogen and oxygen atoms in total. The predicted octanol–water partition coefficient (Wildman–Crippen LogP) is 2.61. The molecule has 0 radical (unpaired) electrons. The van der Waals surface area contributed by atoms with Crippen molar-refractivity contribution >= 4 is 11.8 Å². The zero-order valence-electron chi connectivity index (χ0n) is 15.8. The highest BCUT2D eigenvalue weighted by atomic mass is 16.2. The minimum atomic E-state index is -0.0573. The minimum absolute atomic E-state index is 0.0193. The standard InChI is InChI=1S/C21H24N4O2/c1-14-5-3-7-18(22-14)20(26)24-12-11-17(13-24)25(16-9-10-16)21(27)19-8-4-6-15(2)23-19/h3-8,16-17H,9-13H2,1-2H3. The Morgan fingerprint density at radius 3 is 2.19 bits per heavy atom. The van der Waals surface area contributed by atoms with E-state index in [2.05, 4.69) is 9.97 Å². The summed E-state index contributed by atoms with van der Waals surface area (Å²) >= 11 is 0. The van der Waals surface area contributed by atoms with Crippen LogP contribution in [0.3, 0.4) is 0 Å². The maximum Gasteiger partial charge on any atom is 0.273 e. The van der Waals surface area contributed by atoms with Gasteiger partial charge in [0.2, 0.25) is 0 Å². The van der Waals surface area contributed by atoms with Crippen LogP contribution < -0.4 is 0 Å². The van der Waals surface area contributed by atoms with E-state index in [1.165, 1.54) is 0 Å². The van der Waals surface area contributed by atoms with Gasteiger partial charge in [-0.2, -0.15) is 0 Å². The average molecular weight is 364 g/mol. The third-order valence-electron chi connectivity index (χ3n) is 5.23. The van der Waals surface area contributed by atoms with Crippen LogP contribution in [-0.2, 0) is 0 Å². The van der Waals surface area contributed by atoms with E-state index in [0.717, 1.165) is 30.7 Å². The minimum Gasteiger partial charge on any atom is -0.335 e. The fraction of sp³-hybridized carbons (Fsp3) is 0.429. The Hall–Kier alpha value is -2.76. The highest BCUT2D eigenvalue weighted by Gasteiger charge is 2.41. The van der Waals surface area contributed by atoms with E-state index in [1.807, 2.05) is 47.9 Å². The number of rotatable bonds is 4. The number of hydrogen-bond acceptors (Lipinski definition) is 4. The van der Waals surface area contributed by atoms with Crippen molar-refractivity contribution in [2.24, 2.45) is 0 Å². The largest absolute Gasteiger partial charge is 0.335 e. The van der Waals surface area contributed by atoms with Crippen LogP contribution in [0.5, 0.6) is 0 Å². The molecule has 2 aromatic heterocycles. The summed E-state index contributed by atoms with van der Waals surface area (Å²) in [6.45, 7) is 4.98. The van der Waals surface area contributed by atoms with E-state index in [9.17, 15) is 9.59 Å². The molecule has 1 saturated carbocycles. The Bertz CT molecular complexity index is 878.